The Labute approximate surface area is 135 Å². The molecule has 0 bridgehead atoms. The van der Waals surface area contributed by atoms with Crippen molar-refractivity contribution in [2.45, 2.75) is 25.7 Å². The SMILES string of the molecule is CCN(CC)S(=O)(=O)c1cccc(C(=O)Nc2cc(C)[nH]n2)c1. The van der Waals surface area contributed by atoms with Crippen molar-refractivity contribution < 1.29 is 13.2 Å². The van der Waals surface area contributed by atoms with Crippen LogP contribution in [0.2, 0.25) is 0 Å². The summed E-state index contributed by atoms with van der Waals surface area (Å²) in [5.41, 5.74) is 1.08. The number of hydrogen-bond donors (Lipinski definition) is 2. The van der Waals surface area contributed by atoms with Crippen LogP contribution < -0.4 is 5.32 Å². The monoisotopic (exact) mass is 336 g/mol. The first-order chi connectivity index (χ1) is 10.9. The number of benzene rings is 1. The van der Waals surface area contributed by atoms with Gasteiger partial charge in [-0.15, -0.1) is 0 Å². The summed E-state index contributed by atoms with van der Waals surface area (Å²) in [4.78, 5) is 12.3. The van der Waals surface area contributed by atoms with Crippen molar-refractivity contribution in [3.63, 3.8) is 0 Å². The van der Waals surface area contributed by atoms with Crippen molar-refractivity contribution in [1.82, 2.24) is 14.5 Å². The van der Waals surface area contributed by atoms with Gasteiger partial charge in [0, 0.05) is 30.4 Å². The van der Waals surface area contributed by atoms with Crippen molar-refractivity contribution >= 4 is 21.7 Å². The summed E-state index contributed by atoms with van der Waals surface area (Å²) in [5.74, 6) is -0.0161. The normalized spacial score (nSPS) is 11.7. The summed E-state index contributed by atoms with van der Waals surface area (Å²) in [5, 5.41) is 9.27. The van der Waals surface area contributed by atoms with E-state index in [9.17, 15) is 13.2 Å². The van der Waals surface area contributed by atoms with Gasteiger partial charge in [-0.25, -0.2) is 8.42 Å². The summed E-state index contributed by atoms with van der Waals surface area (Å²) in [7, 11) is -3.59. The van der Waals surface area contributed by atoms with Gasteiger partial charge < -0.3 is 5.32 Å². The molecular weight excluding hydrogens is 316 g/mol. The predicted molar refractivity (Wildman–Crippen MR) is 87.8 cm³/mol. The zero-order valence-corrected chi connectivity index (χ0v) is 14.1. The number of sulfonamides is 1. The van der Waals surface area contributed by atoms with E-state index >= 15 is 0 Å². The minimum atomic E-state index is -3.59. The van der Waals surface area contributed by atoms with Gasteiger partial charge in [-0.05, 0) is 25.1 Å². The second-order valence-corrected chi connectivity index (χ2v) is 6.95. The number of carbonyl (C=O) groups is 1. The number of aromatic amines is 1. The summed E-state index contributed by atoms with van der Waals surface area (Å²) in [6.45, 7) is 6.12. The molecule has 8 heteroatoms. The highest BCUT2D eigenvalue weighted by Crippen LogP contribution is 2.17. The van der Waals surface area contributed by atoms with Crippen LogP contribution in [-0.2, 0) is 10.0 Å². The predicted octanol–water partition coefficient (Wildman–Crippen LogP) is 2.00. The molecule has 0 aliphatic rings. The molecule has 0 saturated heterocycles. The fraction of sp³-hybridized carbons (Fsp3) is 0.333. The van der Waals surface area contributed by atoms with Gasteiger partial charge in [-0.1, -0.05) is 19.9 Å². The van der Waals surface area contributed by atoms with Crippen LogP contribution >= 0.6 is 0 Å². The number of nitrogens with zero attached hydrogens (tertiary/aromatic N) is 2. The largest absolute Gasteiger partial charge is 0.305 e. The number of amides is 1. The highest BCUT2D eigenvalue weighted by Gasteiger charge is 2.22. The highest BCUT2D eigenvalue weighted by atomic mass is 32.2. The average Bonchev–Trinajstić information content (AvgIpc) is 2.93. The Bertz CT molecular complexity index is 795. The number of rotatable bonds is 6. The van der Waals surface area contributed by atoms with Crippen LogP contribution in [-0.4, -0.2) is 41.9 Å². The number of hydrogen-bond acceptors (Lipinski definition) is 4. The minimum absolute atomic E-state index is 0.104. The van der Waals surface area contributed by atoms with Crippen molar-refractivity contribution in [3.8, 4) is 0 Å². The van der Waals surface area contributed by atoms with Crippen LogP contribution in [0.1, 0.15) is 29.9 Å². The van der Waals surface area contributed by atoms with Crippen LogP contribution in [0.4, 0.5) is 5.82 Å². The van der Waals surface area contributed by atoms with E-state index in [1.54, 1.807) is 32.0 Å². The van der Waals surface area contributed by atoms with Gasteiger partial charge in [0.2, 0.25) is 10.0 Å². The van der Waals surface area contributed by atoms with Crippen molar-refractivity contribution in [1.29, 1.82) is 0 Å². The van der Waals surface area contributed by atoms with Gasteiger partial charge in [0.15, 0.2) is 5.82 Å². The van der Waals surface area contributed by atoms with E-state index < -0.39 is 15.9 Å². The van der Waals surface area contributed by atoms with E-state index in [2.05, 4.69) is 15.5 Å². The maximum Gasteiger partial charge on any atom is 0.256 e. The van der Waals surface area contributed by atoms with Gasteiger partial charge in [0.25, 0.3) is 5.91 Å². The molecule has 1 aromatic heterocycles. The number of aryl methyl sites for hydroxylation is 1. The van der Waals surface area contributed by atoms with Crippen LogP contribution in [0.15, 0.2) is 35.2 Å². The number of anilines is 1. The quantitative estimate of drug-likeness (QED) is 0.843. The number of aromatic nitrogens is 2. The summed E-state index contributed by atoms with van der Waals surface area (Å²) >= 11 is 0. The van der Waals surface area contributed by atoms with Gasteiger partial charge in [-0.2, -0.15) is 9.40 Å². The Morgan fingerprint density at radius 3 is 2.52 bits per heavy atom. The molecule has 2 aromatic rings. The average molecular weight is 336 g/mol. The third-order valence-electron chi connectivity index (χ3n) is 3.39. The molecule has 0 saturated carbocycles. The second kappa shape index (κ2) is 6.93. The smallest absolute Gasteiger partial charge is 0.256 e. The number of H-pyrrole nitrogens is 1. The molecule has 0 aliphatic carbocycles. The molecule has 1 amide bonds. The molecule has 7 nitrogen and oxygen atoms in total. The molecule has 2 rings (SSSR count). The van der Waals surface area contributed by atoms with E-state index in [0.29, 0.717) is 18.9 Å². The van der Waals surface area contributed by atoms with Gasteiger partial charge >= 0.3 is 0 Å². The molecule has 0 unspecified atom stereocenters. The first kappa shape index (κ1) is 17.2. The third kappa shape index (κ3) is 3.77. The molecular formula is C15H20N4O3S. The Hall–Kier alpha value is -2.19. The highest BCUT2D eigenvalue weighted by molar-refractivity contribution is 7.89. The zero-order valence-electron chi connectivity index (χ0n) is 13.3. The molecule has 124 valence electrons. The molecule has 0 spiro atoms. The lowest BCUT2D eigenvalue weighted by Gasteiger charge is -2.18. The molecule has 0 aliphatic heterocycles. The van der Waals surface area contributed by atoms with E-state index in [1.807, 2.05) is 6.92 Å². The fourth-order valence-corrected chi connectivity index (χ4v) is 3.69. The molecule has 1 aromatic carbocycles. The topological polar surface area (TPSA) is 95.2 Å². The second-order valence-electron chi connectivity index (χ2n) is 5.01. The molecule has 23 heavy (non-hydrogen) atoms. The van der Waals surface area contributed by atoms with Gasteiger partial charge in [-0.3, -0.25) is 9.89 Å². The van der Waals surface area contributed by atoms with Crippen molar-refractivity contribution in [2.24, 2.45) is 0 Å². The maximum atomic E-state index is 12.5. The zero-order chi connectivity index (χ0) is 17.0. The Kier molecular flexibility index (Phi) is 5.17. The van der Waals surface area contributed by atoms with Crippen molar-refractivity contribution in [2.75, 3.05) is 18.4 Å². The van der Waals surface area contributed by atoms with Gasteiger partial charge in [0.1, 0.15) is 0 Å². The Balaban J connectivity index is 2.27. The van der Waals surface area contributed by atoms with Crippen LogP contribution in [0.25, 0.3) is 0 Å². The lowest BCUT2D eigenvalue weighted by Crippen LogP contribution is -2.30. The van der Waals surface area contributed by atoms with E-state index in [4.69, 9.17) is 0 Å². The van der Waals surface area contributed by atoms with Crippen LogP contribution in [0.3, 0.4) is 0 Å². The number of nitrogens with one attached hydrogen (secondary N) is 2. The molecule has 0 radical (unpaired) electrons. The first-order valence-electron chi connectivity index (χ1n) is 7.32. The molecule has 1 heterocycles. The fourth-order valence-electron chi connectivity index (χ4n) is 2.18. The van der Waals surface area contributed by atoms with E-state index in [0.717, 1.165) is 5.69 Å². The molecule has 0 fully saturated rings. The lowest BCUT2D eigenvalue weighted by molar-refractivity contribution is 0.102. The van der Waals surface area contributed by atoms with E-state index in [-0.39, 0.29) is 10.5 Å². The Morgan fingerprint density at radius 2 is 1.96 bits per heavy atom. The molecule has 0 atom stereocenters. The van der Waals surface area contributed by atoms with Crippen LogP contribution in [0.5, 0.6) is 0 Å². The first-order valence-corrected chi connectivity index (χ1v) is 8.76. The lowest BCUT2D eigenvalue weighted by atomic mass is 10.2. The maximum absolute atomic E-state index is 12.5. The van der Waals surface area contributed by atoms with Crippen molar-refractivity contribution in [3.05, 3.63) is 41.6 Å². The molecule has 2 N–H and O–H groups in total. The third-order valence-corrected chi connectivity index (χ3v) is 5.43. The standard InChI is InChI=1S/C15H20N4O3S/c1-4-19(5-2)23(21,22)13-8-6-7-12(10-13)15(20)16-14-9-11(3)17-18-14/h6-10H,4-5H2,1-3H3,(H2,16,17,18,20). The van der Waals surface area contributed by atoms with Crippen LogP contribution in [0, 0.1) is 6.92 Å². The summed E-state index contributed by atoms with van der Waals surface area (Å²) in [6, 6.07) is 7.68. The Morgan fingerprint density at radius 1 is 1.26 bits per heavy atom. The number of carbonyl (C=O) groups excluding carboxylic acids is 1. The van der Waals surface area contributed by atoms with Gasteiger partial charge in [0.05, 0.1) is 4.90 Å². The minimum Gasteiger partial charge on any atom is -0.305 e. The van der Waals surface area contributed by atoms with E-state index in [1.165, 1.54) is 16.4 Å². The summed E-state index contributed by atoms with van der Waals surface area (Å²) < 4.78 is 26.4. The summed E-state index contributed by atoms with van der Waals surface area (Å²) in [6.07, 6.45) is 0.